The minimum absolute atomic E-state index is 0. The SMILES string of the molecule is CCCCNC(=O)c1ccc(CNC(=NC)NCCc2c[nH]c3ccc(F)cc23)cc1.I. The summed E-state index contributed by atoms with van der Waals surface area (Å²) in [6.45, 7) is 4.06. The number of aliphatic imine (C=N–C) groups is 1. The molecule has 0 aliphatic carbocycles. The zero-order valence-corrected chi connectivity index (χ0v) is 20.8. The Balaban J connectivity index is 0.00000363. The van der Waals surface area contributed by atoms with E-state index < -0.39 is 0 Å². The molecule has 0 saturated heterocycles. The molecule has 0 radical (unpaired) electrons. The molecule has 0 spiro atoms. The highest BCUT2D eigenvalue weighted by Gasteiger charge is 2.07. The van der Waals surface area contributed by atoms with Crippen LogP contribution >= 0.6 is 24.0 Å². The molecule has 6 nitrogen and oxygen atoms in total. The number of aromatic nitrogens is 1. The van der Waals surface area contributed by atoms with Crippen LogP contribution in [0.4, 0.5) is 4.39 Å². The predicted octanol–water partition coefficient (Wildman–Crippen LogP) is 4.36. The van der Waals surface area contributed by atoms with Crippen LogP contribution in [-0.4, -0.2) is 37.0 Å². The summed E-state index contributed by atoms with van der Waals surface area (Å²) in [4.78, 5) is 19.5. The Morgan fingerprint density at radius 2 is 1.84 bits per heavy atom. The molecular weight excluding hydrogens is 520 g/mol. The lowest BCUT2D eigenvalue weighted by Crippen LogP contribution is -2.37. The van der Waals surface area contributed by atoms with E-state index in [1.807, 2.05) is 30.5 Å². The van der Waals surface area contributed by atoms with Gasteiger partial charge in [-0.15, -0.1) is 24.0 Å². The van der Waals surface area contributed by atoms with Crippen LogP contribution in [0.3, 0.4) is 0 Å². The summed E-state index contributed by atoms with van der Waals surface area (Å²) in [5, 5.41) is 10.4. The van der Waals surface area contributed by atoms with Crippen LogP contribution in [0.15, 0.2) is 53.7 Å². The average molecular weight is 551 g/mol. The first-order valence-electron chi connectivity index (χ1n) is 10.7. The lowest BCUT2D eigenvalue weighted by atomic mass is 10.1. The third-order valence-corrected chi connectivity index (χ3v) is 5.13. The number of benzene rings is 2. The van der Waals surface area contributed by atoms with Crippen LogP contribution in [-0.2, 0) is 13.0 Å². The number of amides is 1. The van der Waals surface area contributed by atoms with Crippen LogP contribution in [0.5, 0.6) is 0 Å². The molecule has 1 heterocycles. The number of H-pyrrole nitrogens is 1. The summed E-state index contributed by atoms with van der Waals surface area (Å²) < 4.78 is 13.5. The number of nitrogens with zero attached hydrogens (tertiary/aromatic N) is 1. The topological polar surface area (TPSA) is 81.3 Å². The fraction of sp³-hybridized carbons (Fsp3) is 0.333. The van der Waals surface area contributed by atoms with Crippen molar-refractivity contribution in [3.8, 4) is 0 Å². The molecule has 0 saturated carbocycles. The van der Waals surface area contributed by atoms with E-state index in [1.165, 1.54) is 6.07 Å². The maximum atomic E-state index is 13.5. The lowest BCUT2D eigenvalue weighted by Gasteiger charge is -2.12. The highest BCUT2D eigenvalue weighted by Crippen LogP contribution is 2.19. The van der Waals surface area contributed by atoms with Gasteiger partial charge in [-0.1, -0.05) is 25.5 Å². The van der Waals surface area contributed by atoms with Crippen LogP contribution in [0, 0.1) is 5.82 Å². The Bertz CT molecular complexity index is 1030. The van der Waals surface area contributed by atoms with Crippen molar-refractivity contribution in [3.05, 3.63) is 71.2 Å². The summed E-state index contributed by atoms with van der Waals surface area (Å²) in [5.41, 5.74) is 3.71. The number of rotatable bonds is 9. The smallest absolute Gasteiger partial charge is 0.251 e. The minimum atomic E-state index is -0.233. The molecule has 4 N–H and O–H groups in total. The van der Waals surface area contributed by atoms with Gasteiger partial charge in [-0.3, -0.25) is 9.79 Å². The highest BCUT2D eigenvalue weighted by molar-refractivity contribution is 14.0. The molecule has 0 fully saturated rings. The molecule has 3 rings (SSSR count). The molecule has 0 atom stereocenters. The van der Waals surface area contributed by atoms with Crippen molar-refractivity contribution in [2.24, 2.45) is 4.99 Å². The molecule has 3 aromatic rings. The summed E-state index contributed by atoms with van der Waals surface area (Å²) in [5.74, 6) is 0.415. The van der Waals surface area contributed by atoms with E-state index >= 15 is 0 Å². The monoisotopic (exact) mass is 551 g/mol. The largest absolute Gasteiger partial charge is 0.361 e. The van der Waals surface area contributed by atoms with E-state index in [1.54, 1.807) is 19.2 Å². The maximum absolute atomic E-state index is 13.5. The first kappa shape index (κ1) is 25.6. The summed E-state index contributed by atoms with van der Waals surface area (Å²) in [6.07, 6.45) is 4.70. The van der Waals surface area contributed by atoms with E-state index in [0.29, 0.717) is 31.2 Å². The quantitative estimate of drug-likeness (QED) is 0.138. The molecule has 0 unspecified atom stereocenters. The highest BCUT2D eigenvalue weighted by atomic mass is 127. The van der Waals surface area contributed by atoms with Crippen molar-refractivity contribution in [1.29, 1.82) is 0 Å². The zero-order chi connectivity index (χ0) is 22.1. The van der Waals surface area contributed by atoms with Gasteiger partial charge in [0.05, 0.1) is 0 Å². The van der Waals surface area contributed by atoms with Crippen LogP contribution < -0.4 is 16.0 Å². The Morgan fingerprint density at radius 1 is 1.06 bits per heavy atom. The number of aromatic amines is 1. The van der Waals surface area contributed by atoms with E-state index in [2.05, 4.69) is 32.9 Å². The second kappa shape index (κ2) is 13.0. The number of hydrogen-bond donors (Lipinski definition) is 4. The Labute approximate surface area is 205 Å². The van der Waals surface area contributed by atoms with Gasteiger partial charge in [0.15, 0.2) is 5.96 Å². The Morgan fingerprint density at radius 3 is 2.56 bits per heavy atom. The third-order valence-electron chi connectivity index (χ3n) is 5.13. The van der Waals surface area contributed by atoms with Crippen molar-refractivity contribution in [1.82, 2.24) is 20.9 Å². The second-order valence-corrected chi connectivity index (χ2v) is 7.41. The predicted molar refractivity (Wildman–Crippen MR) is 139 cm³/mol. The normalized spacial score (nSPS) is 11.2. The number of carbonyl (C=O) groups excluding carboxylic acids is 1. The van der Waals surface area contributed by atoms with Crippen molar-refractivity contribution in [2.75, 3.05) is 20.1 Å². The molecule has 8 heteroatoms. The molecular formula is C24H31FIN5O. The van der Waals surface area contributed by atoms with Crippen molar-refractivity contribution in [2.45, 2.75) is 32.7 Å². The number of halogens is 2. The summed E-state index contributed by atoms with van der Waals surface area (Å²) in [7, 11) is 1.72. The van der Waals surface area contributed by atoms with Gasteiger partial charge in [-0.25, -0.2) is 4.39 Å². The number of unbranched alkanes of at least 4 members (excludes halogenated alkanes) is 1. The van der Waals surface area contributed by atoms with Gasteiger partial charge < -0.3 is 20.9 Å². The third kappa shape index (κ3) is 7.22. The van der Waals surface area contributed by atoms with Gasteiger partial charge >= 0.3 is 0 Å². The van der Waals surface area contributed by atoms with Gasteiger partial charge in [0, 0.05) is 49.3 Å². The fourth-order valence-corrected chi connectivity index (χ4v) is 3.33. The molecule has 2 aromatic carbocycles. The van der Waals surface area contributed by atoms with Gasteiger partial charge in [-0.2, -0.15) is 0 Å². The standard InChI is InChI=1S/C24H30FN5O.HI/c1-3-4-12-27-23(31)18-7-5-17(6-8-18)15-30-24(26-2)28-13-11-19-16-29-22-10-9-20(25)14-21(19)22;/h5-10,14,16,29H,3-4,11-13,15H2,1-2H3,(H,27,31)(H2,26,28,30);1H. The van der Waals surface area contributed by atoms with Crippen molar-refractivity contribution >= 4 is 46.7 Å². The second-order valence-electron chi connectivity index (χ2n) is 7.41. The van der Waals surface area contributed by atoms with Gasteiger partial charge in [0.2, 0.25) is 0 Å². The van der Waals surface area contributed by atoms with Gasteiger partial charge in [-0.05, 0) is 54.3 Å². The number of guanidine groups is 1. The Kier molecular flexibility index (Phi) is 10.5. The van der Waals surface area contributed by atoms with E-state index in [-0.39, 0.29) is 35.7 Å². The van der Waals surface area contributed by atoms with Gasteiger partial charge in [0.1, 0.15) is 5.82 Å². The molecule has 172 valence electrons. The fourth-order valence-electron chi connectivity index (χ4n) is 3.33. The first-order valence-corrected chi connectivity index (χ1v) is 10.7. The molecule has 1 amide bonds. The van der Waals surface area contributed by atoms with E-state index in [0.717, 1.165) is 41.3 Å². The molecule has 0 aliphatic heterocycles. The number of fused-ring (bicyclic) bond motifs is 1. The van der Waals surface area contributed by atoms with E-state index in [9.17, 15) is 9.18 Å². The number of nitrogens with one attached hydrogen (secondary N) is 4. The molecule has 32 heavy (non-hydrogen) atoms. The van der Waals surface area contributed by atoms with Gasteiger partial charge in [0.25, 0.3) is 5.91 Å². The zero-order valence-electron chi connectivity index (χ0n) is 18.5. The minimum Gasteiger partial charge on any atom is -0.361 e. The Hall–Kier alpha value is -2.62. The molecule has 1 aromatic heterocycles. The molecule has 0 bridgehead atoms. The summed E-state index contributed by atoms with van der Waals surface area (Å²) in [6, 6.07) is 12.3. The van der Waals surface area contributed by atoms with Crippen LogP contribution in [0.2, 0.25) is 0 Å². The first-order chi connectivity index (χ1) is 15.1. The molecule has 0 aliphatic rings. The summed E-state index contributed by atoms with van der Waals surface area (Å²) >= 11 is 0. The van der Waals surface area contributed by atoms with Crippen molar-refractivity contribution in [3.63, 3.8) is 0 Å². The average Bonchev–Trinajstić information content (AvgIpc) is 3.18. The van der Waals surface area contributed by atoms with Crippen LogP contribution in [0.1, 0.15) is 41.3 Å². The van der Waals surface area contributed by atoms with Crippen molar-refractivity contribution < 1.29 is 9.18 Å². The van der Waals surface area contributed by atoms with E-state index in [4.69, 9.17) is 0 Å². The lowest BCUT2D eigenvalue weighted by molar-refractivity contribution is 0.0953. The van der Waals surface area contributed by atoms with Crippen LogP contribution in [0.25, 0.3) is 10.9 Å². The number of carbonyl (C=O) groups is 1. The maximum Gasteiger partial charge on any atom is 0.251 e. The number of hydrogen-bond acceptors (Lipinski definition) is 2.